The minimum absolute atomic E-state index is 0.0369. The lowest BCUT2D eigenvalue weighted by Crippen LogP contribution is -2.15. The number of benzene rings is 1. The quantitative estimate of drug-likeness (QED) is 0.893. The van der Waals surface area contributed by atoms with E-state index in [1.54, 1.807) is 19.2 Å². The first-order valence-electron chi connectivity index (χ1n) is 6.35. The van der Waals surface area contributed by atoms with Crippen LogP contribution in [-0.2, 0) is 29.9 Å². The maximum Gasteiger partial charge on any atom is 0.277 e. The van der Waals surface area contributed by atoms with Gasteiger partial charge in [-0.3, -0.25) is 0 Å². The van der Waals surface area contributed by atoms with Gasteiger partial charge in [-0.2, -0.15) is 4.80 Å². The maximum absolute atomic E-state index is 12.3. The fourth-order valence-corrected chi connectivity index (χ4v) is 2.93. The zero-order valence-corrected chi connectivity index (χ0v) is 12.5. The molecule has 2 rings (SSSR count). The zero-order valence-electron chi connectivity index (χ0n) is 11.7. The first-order valence-corrected chi connectivity index (χ1v) is 7.83. The molecule has 1 aromatic carbocycles. The molecule has 0 amide bonds. The molecular weight excluding hydrogens is 278 g/mol. The Kier molecular flexibility index (Phi) is 4.03. The van der Waals surface area contributed by atoms with Crippen LogP contribution in [0, 0.1) is 0 Å². The SMILES string of the molecule is CCc1ccc(S(=O)(=O)Nc2nnn(C)n2)cc1CC. The smallest absolute Gasteiger partial charge is 0.245 e. The highest BCUT2D eigenvalue weighted by Gasteiger charge is 2.17. The fraction of sp³-hybridized carbons (Fsp3) is 0.417. The van der Waals surface area contributed by atoms with Crippen LogP contribution in [0.15, 0.2) is 23.1 Å². The molecule has 0 atom stereocenters. The summed E-state index contributed by atoms with van der Waals surface area (Å²) in [6.07, 6.45) is 1.67. The number of aromatic nitrogens is 4. The van der Waals surface area contributed by atoms with Crippen molar-refractivity contribution in [1.29, 1.82) is 0 Å². The summed E-state index contributed by atoms with van der Waals surface area (Å²) in [4.78, 5) is 1.40. The summed E-state index contributed by atoms with van der Waals surface area (Å²) in [5, 5.41) is 11.0. The molecule has 1 aromatic heterocycles. The van der Waals surface area contributed by atoms with Crippen molar-refractivity contribution in [3.05, 3.63) is 29.3 Å². The van der Waals surface area contributed by atoms with E-state index in [0.717, 1.165) is 24.0 Å². The summed E-state index contributed by atoms with van der Waals surface area (Å²) in [6, 6.07) is 5.13. The molecule has 0 saturated carbocycles. The van der Waals surface area contributed by atoms with Gasteiger partial charge in [0.1, 0.15) is 0 Å². The van der Waals surface area contributed by atoms with E-state index in [9.17, 15) is 8.42 Å². The number of tetrazole rings is 1. The Morgan fingerprint density at radius 1 is 1.20 bits per heavy atom. The number of nitrogens with one attached hydrogen (secondary N) is 1. The highest BCUT2D eigenvalue weighted by molar-refractivity contribution is 7.92. The lowest BCUT2D eigenvalue weighted by Gasteiger charge is -2.09. The molecule has 0 aliphatic heterocycles. The summed E-state index contributed by atoms with van der Waals surface area (Å²) in [5.41, 5.74) is 2.19. The molecule has 0 radical (unpaired) electrons. The number of hydrogen-bond donors (Lipinski definition) is 1. The molecular formula is C12H17N5O2S. The van der Waals surface area contributed by atoms with Crippen LogP contribution in [0.2, 0.25) is 0 Å². The van der Waals surface area contributed by atoms with Gasteiger partial charge in [-0.15, -0.1) is 5.10 Å². The lowest BCUT2D eigenvalue weighted by molar-refractivity contribution is 0.600. The van der Waals surface area contributed by atoms with E-state index in [0.29, 0.717) is 0 Å². The van der Waals surface area contributed by atoms with Gasteiger partial charge in [0.2, 0.25) is 0 Å². The molecule has 108 valence electrons. The van der Waals surface area contributed by atoms with Crippen LogP contribution in [0.3, 0.4) is 0 Å². The minimum Gasteiger partial charge on any atom is -0.245 e. The van der Waals surface area contributed by atoms with Crippen molar-refractivity contribution in [2.24, 2.45) is 7.05 Å². The van der Waals surface area contributed by atoms with Crippen molar-refractivity contribution in [2.45, 2.75) is 31.6 Å². The zero-order chi connectivity index (χ0) is 14.8. The second-order valence-electron chi connectivity index (χ2n) is 4.35. The molecule has 1 N–H and O–H groups in total. The van der Waals surface area contributed by atoms with E-state index in [1.165, 1.54) is 4.80 Å². The van der Waals surface area contributed by atoms with Crippen LogP contribution in [0.4, 0.5) is 5.95 Å². The Labute approximate surface area is 118 Å². The maximum atomic E-state index is 12.3. The largest absolute Gasteiger partial charge is 0.277 e. The Balaban J connectivity index is 2.34. The number of sulfonamides is 1. The molecule has 0 fully saturated rings. The van der Waals surface area contributed by atoms with Gasteiger partial charge in [-0.25, -0.2) is 13.1 Å². The highest BCUT2D eigenvalue weighted by atomic mass is 32.2. The third-order valence-electron chi connectivity index (χ3n) is 2.98. The molecule has 0 aliphatic carbocycles. The molecule has 8 heteroatoms. The number of anilines is 1. The van der Waals surface area contributed by atoms with Crippen molar-refractivity contribution in [2.75, 3.05) is 4.72 Å². The van der Waals surface area contributed by atoms with Crippen LogP contribution < -0.4 is 4.72 Å². The summed E-state index contributed by atoms with van der Waals surface area (Å²) < 4.78 is 26.8. The van der Waals surface area contributed by atoms with E-state index < -0.39 is 10.0 Å². The molecule has 2 aromatic rings. The molecule has 0 aliphatic rings. The summed E-state index contributed by atoms with van der Waals surface area (Å²) in [6.45, 7) is 4.05. The van der Waals surface area contributed by atoms with Crippen LogP contribution in [-0.4, -0.2) is 28.6 Å². The van der Waals surface area contributed by atoms with Crippen LogP contribution in [0.25, 0.3) is 0 Å². The molecule has 0 bridgehead atoms. The van der Waals surface area contributed by atoms with E-state index in [4.69, 9.17) is 0 Å². The molecule has 0 saturated heterocycles. The van der Waals surface area contributed by atoms with E-state index in [-0.39, 0.29) is 10.8 Å². The fourth-order valence-electron chi connectivity index (χ4n) is 1.95. The van der Waals surface area contributed by atoms with Crippen molar-refractivity contribution in [3.8, 4) is 0 Å². The van der Waals surface area contributed by atoms with Gasteiger partial charge in [0, 0.05) is 0 Å². The first-order chi connectivity index (χ1) is 9.46. The van der Waals surface area contributed by atoms with Gasteiger partial charge in [0.05, 0.1) is 11.9 Å². The van der Waals surface area contributed by atoms with E-state index in [2.05, 4.69) is 20.1 Å². The van der Waals surface area contributed by atoms with Gasteiger partial charge < -0.3 is 0 Å². The van der Waals surface area contributed by atoms with Crippen molar-refractivity contribution in [1.82, 2.24) is 20.2 Å². The third-order valence-corrected chi connectivity index (χ3v) is 4.31. The molecule has 0 unspecified atom stereocenters. The number of hydrogen-bond acceptors (Lipinski definition) is 5. The molecule has 7 nitrogen and oxygen atoms in total. The number of nitrogens with zero attached hydrogens (tertiary/aromatic N) is 4. The Hall–Kier alpha value is -1.96. The summed E-state index contributed by atoms with van der Waals surface area (Å²) in [7, 11) is -2.12. The normalized spacial score (nSPS) is 11.6. The molecule has 20 heavy (non-hydrogen) atoms. The van der Waals surface area contributed by atoms with Crippen molar-refractivity contribution < 1.29 is 8.42 Å². The van der Waals surface area contributed by atoms with Crippen LogP contribution in [0.1, 0.15) is 25.0 Å². The summed E-state index contributed by atoms with van der Waals surface area (Å²) >= 11 is 0. The average Bonchev–Trinajstić information content (AvgIpc) is 2.82. The Bertz CT molecular complexity index is 708. The van der Waals surface area contributed by atoms with E-state index in [1.807, 2.05) is 19.9 Å². The number of rotatable bonds is 5. The monoisotopic (exact) mass is 295 g/mol. The first kappa shape index (κ1) is 14.4. The van der Waals surface area contributed by atoms with Crippen molar-refractivity contribution in [3.63, 3.8) is 0 Å². The Morgan fingerprint density at radius 2 is 1.90 bits per heavy atom. The van der Waals surface area contributed by atoms with E-state index >= 15 is 0 Å². The lowest BCUT2D eigenvalue weighted by atomic mass is 10.0. The standard InChI is InChI=1S/C12H17N5O2S/c1-4-9-6-7-11(8-10(9)5-2)20(18,19)15-12-13-16-17(3)14-12/h6-8H,4-5H2,1-3H3,(H,14,15). The minimum atomic E-state index is -3.69. The third kappa shape index (κ3) is 2.96. The van der Waals surface area contributed by atoms with Gasteiger partial charge >= 0.3 is 0 Å². The van der Waals surface area contributed by atoms with Gasteiger partial charge in [0.25, 0.3) is 16.0 Å². The van der Waals surface area contributed by atoms with Gasteiger partial charge in [-0.1, -0.05) is 25.0 Å². The van der Waals surface area contributed by atoms with Gasteiger partial charge in [0.15, 0.2) is 0 Å². The number of aryl methyl sites for hydroxylation is 3. The van der Waals surface area contributed by atoms with Gasteiger partial charge in [-0.05, 0) is 41.3 Å². The highest BCUT2D eigenvalue weighted by Crippen LogP contribution is 2.19. The van der Waals surface area contributed by atoms with Crippen LogP contribution in [0.5, 0.6) is 0 Å². The predicted octanol–water partition coefficient (Wildman–Crippen LogP) is 1.14. The van der Waals surface area contributed by atoms with Crippen molar-refractivity contribution >= 4 is 16.0 Å². The molecule has 1 heterocycles. The van der Waals surface area contributed by atoms with Crippen LogP contribution >= 0.6 is 0 Å². The second-order valence-corrected chi connectivity index (χ2v) is 6.03. The molecule has 0 spiro atoms. The predicted molar refractivity (Wildman–Crippen MR) is 74.8 cm³/mol. The second kappa shape index (κ2) is 5.58. The summed E-state index contributed by atoms with van der Waals surface area (Å²) in [5.74, 6) is -0.0369. The Morgan fingerprint density at radius 3 is 2.45 bits per heavy atom. The average molecular weight is 295 g/mol. The topological polar surface area (TPSA) is 89.8 Å².